The first-order valence-corrected chi connectivity index (χ1v) is 7.03. The van der Waals surface area contributed by atoms with Crippen molar-refractivity contribution in [3.8, 4) is 0 Å². The highest BCUT2D eigenvalue weighted by atomic mass is 35.5. The number of carbonyl (C=O) groups excluding carboxylic acids is 1. The fourth-order valence-electron chi connectivity index (χ4n) is 1.96. The average Bonchev–Trinajstić information content (AvgIpc) is 2.79. The smallest absolute Gasteiger partial charge is 0.266 e. The second-order valence-corrected chi connectivity index (χ2v) is 4.97. The largest absolute Gasteiger partial charge is 0.291 e. The summed E-state index contributed by atoms with van der Waals surface area (Å²) >= 11 is 6.16. The number of nitrogens with zero attached hydrogens (tertiary/aromatic N) is 3. The van der Waals surface area contributed by atoms with Crippen LogP contribution in [0.1, 0.15) is 35.6 Å². The summed E-state index contributed by atoms with van der Waals surface area (Å²) < 4.78 is 1.48. The summed E-state index contributed by atoms with van der Waals surface area (Å²) in [5, 5.41) is 8.70. The highest BCUT2D eigenvalue weighted by Crippen LogP contribution is 2.20. The van der Waals surface area contributed by atoms with Crippen molar-refractivity contribution in [2.75, 3.05) is 0 Å². The third-order valence-corrected chi connectivity index (χ3v) is 3.52. The van der Waals surface area contributed by atoms with Gasteiger partial charge < -0.3 is 0 Å². The molecule has 6 heteroatoms. The van der Waals surface area contributed by atoms with Crippen molar-refractivity contribution >= 4 is 23.2 Å². The molecule has 0 bridgehead atoms. The quantitative estimate of drug-likeness (QED) is 0.697. The molecule has 1 amide bonds. The Labute approximate surface area is 128 Å². The van der Waals surface area contributed by atoms with Crippen LogP contribution < -0.4 is 5.43 Å². The molecule has 2 aromatic rings. The molecule has 1 aromatic heterocycles. The van der Waals surface area contributed by atoms with Crippen LogP contribution in [-0.2, 0) is 13.5 Å². The van der Waals surface area contributed by atoms with Gasteiger partial charge in [0.25, 0.3) is 5.91 Å². The first-order valence-electron chi connectivity index (χ1n) is 6.66. The maximum absolute atomic E-state index is 12.2. The summed E-state index contributed by atoms with van der Waals surface area (Å²) in [5.74, 6) is -0.370. The molecule has 1 N–H and O–H groups in total. The van der Waals surface area contributed by atoms with Crippen LogP contribution in [0.25, 0.3) is 0 Å². The van der Waals surface area contributed by atoms with Gasteiger partial charge in [-0.25, -0.2) is 5.43 Å². The van der Waals surface area contributed by atoms with Gasteiger partial charge in [-0.15, -0.1) is 0 Å². The molecule has 0 saturated heterocycles. The van der Waals surface area contributed by atoms with Crippen molar-refractivity contribution in [1.82, 2.24) is 15.2 Å². The molecule has 1 aromatic carbocycles. The second-order valence-electron chi connectivity index (χ2n) is 4.59. The second kappa shape index (κ2) is 6.54. The fourth-order valence-corrected chi connectivity index (χ4v) is 2.34. The van der Waals surface area contributed by atoms with Crippen LogP contribution >= 0.6 is 11.6 Å². The summed E-state index contributed by atoms with van der Waals surface area (Å²) in [6.45, 7) is 3.77. The van der Waals surface area contributed by atoms with Gasteiger partial charge in [0, 0.05) is 7.05 Å². The Morgan fingerprint density at radius 2 is 2.05 bits per heavy atom. The SMILES string of the molecule is CCc1nn(C)c(C(=O)N/N=C(\C)c2ccccc2)c1Cl. The zero-order valence-corrected chi connectivity index (χ0v) is 13.0. The van der Waals surface area contributed by atoms with Gasteiger partial charge in [0.2, 0.25) is 0 Å². The molecule has 0 spiro atoms. The molecule has 110 valence electrons. The summed E-state index contributed by atoms with van der Waals surface area (Å²) in [4.78, 5) is 12.2. The number of aryl methyl sites for hydroxylation is 2. The maximum Gasteiger partial charge on any atom is 0.291 e. The van der Waals surface area contributed by atoms with Gasteiger partial charge in [0.05, 0.1) is 16.4 Å². The van der Waals surface area contributed by atoms with Crippen molar-refractivity contribution in [2.45, 2.75) is 20.3 Å². The van der Waals surface area contributed by atoms with Gasteiger partial charge in [0.15, 0.2) is 0 Å². The summed E-state index contributed by atoms with van der Waals surface area (Å²) in [6.07, 6.45) is 0.673. The standard InChI is InChI=1S/C15H17ClN4O/c1-4-12-13(16)14(20(3)19-12)15(21)18-17-10(2)11-8-6-5-7-9-11/h5-9H,4H2,1-3H3,(H,18,21)/b17-10+. The molecule has 0 saturated carbocycles. The number of hydrogen-bond acceptors (Lipinski definition) is 3. The van der Waals surface area contributed by atoms with E-state index in [0.717, 1.165) is 11.3 Å². The Morgan fingerprint density at radius 3 is 2.62 bits per heavy atom. The van der Waals surface area contributed by atoms with Crippen LogP contribution in [0.15, 0.2) is 35.4 Å². The van der Waals surface area contributed by atoms with E-state index in [1.165, 1.54) is 4.68 Å². The molecule has 2 rings (SSSR count). The summed E-state index contributed by atoms with van der Waals surface area (Å²) in [5.41, 5.74) is 5.21. The number of amides is 1. The molecular formula is C15H17ClN4O. The molecule has 0 aliphatic carbocycles. The third-order valence-electron chi connectivity index (χ3n) is 3.12. The Bertz CT molecular complexity index is 676. The lowest BCUT2D eigenvalue weighted by Gasteiger charge is -2.03. The van der Waals surface area contributed by atoms with Gasteiger partial charge >= 0.3 is 0 Å². The van der Waals surface area contributed by atoms with Crippen LogP contribution in [0.3, 0.4) is 0 Å². The van der Waals surface area contributed by atoms with Gasteiger partial charge in [-0.3, -0.25) is 9.48 Å². The van der Waals surface area contributed by atoms with Crippen molar-refractivity contribution < 1.29 is 4.79 Å². The van der Waals surface area contributed by atoms with Crippen LogP contribution in [0.5, 0.6) is 0 Å². The molecule has 0 fully saturated rings. The third kappa shape index (κ3) is 3.31. The monoisotopic (exact) mass is 304 g/mol. The number of benzene rings is 1. The molecule has 1 heterocycles. The minimum Gasteiger partial charge on any atom is -0.266 e. The first kappa shape index (κ1) is 15.3. The van der Waals surface area contributed by atoms with Crippen LogP contribution in [-0.4, -0.2) is 21.4 Å². The van der Waals surface area contributed by atoms with Crippen LogP contribution in [0, 0.1) is 0 Å². The van der Waals surface area contributed by atoms with E-state index in [1.807, 2.05) is 44.2 Å². The molecule has 21 heavy (non-hydrogen) atoms. The van der Waals surface area contributed by atoms with Crippen molar-refractivity contribution in [1.29, 1.82) is 0 Å². The molecule has 0 atom stereocenters. The molecule has 0 unspecified atom stereocenters. The predicted molar refractivity (Wildman–Crippen MR) is 83.7 cm³/mol. The van der Waals surface area contributed by atoms with E-state index in [2.05, 4.69) is 15.6 Å². The highest BCUT2D eigenvalue weighted by Gasteiger charge is 2.19. The maximum atomic E-state index is 12.2. The average molecular weight is 305 g/mol. The van der Waals surface area contributed by atoms with E-state index in [1.54, 1.807) is 7.05 Å². The molecule has 0 radical (unpaired) electrons. The van der Waals surface area contributed by atoms with Crippen molar-refractivity contribution in [3.05, 3.63) is 52.3 Å². The number of aromatic nitrogens is 2. The van der Waals surface area contributed by atoms with Gasteiger partial charge in [0.1, 0.15) is 5.69 Å². The van der Waals surface area contributed by atoms with Gasteiger partial charge in [-0.1, -0.05) is 48.9 Å². The van der Waals surface area contributed by atoms with Crippen molar-refractivity contribution in [3.63, 3.8) is 0 Å². The number of hydrazone groups is 1. The summed E-state index contributed by atoms with van der Waals surface area (Å²) in [6, 6.07) is 9.62. The normalized spacial score (nSPS) is 11.5. The topological polar surface area (TPSA) is 59.3 Å². The van der Waals surface area contributed by atoms with E-state index in [4.69, 9.17) is 11.6 Å². The number of halogens is 1. The van der Waals surface area contributed by atoms with Crippen LogP contribution in [0.4, 0.5) is 0 Å². The van der Waals surface area contributed by atoms with E-state index in [0.29, 0.717) is 22.8 Å². The fraction of sp³-hybridized carbons (Fsp3) is 0.267. The minimum absolute atomic E-state index is 0.318. The zero-order chi connectivity index (χ0) is 15.4. The summed E-state index contributed by atoms with van der Waals surface area (Å²) in [7, 11) is 1.69. The van der Waals surface area contributed by atoms with Crippen LogP contribution in [0.2, 0.25) is 5.02 Å². The highest BCUT2D eigenvalue weighted by molar-refractivity contribution is 6.34. The number of hydrogen-bond donors (Lipinski definition) is 1. The molecule has 0 aliphatic heterocycles. The van der Waals surface area contributed by atoms with Crippen molar-refractivity contribution in [2.24, 2.45) is 12.1 Å². The Kier molecular flexibility index (Phi) is 4.75. The molecule has 0 aliphatic rings. The lowest BCUT2D eigenvalue weighted by atomic mass is 10.1. The molecular weight excluding hydrogens is 288 g/mol. The predicted octanol–water partition coefficient (Wildman–Crippen LogP) is 2.79. The number of carbonyl (C=O) groups is 1. The Morgan fingerprint density at radius 1 is 1.38 bits per heavy atom. The minimum atomic E-state index is -0.370. The molecule has 5 nitrogen and oxygen atoms in total. The van der Waals surface area contributed by atoms with E-state index >= 15 is 0 Å². The first-order chi connectivity index (χ1) is 10.0. The number of nitrogens with one attached hydrogen (secondary N) is 1. The van der Waals surface area contributed by atoms with Gasteiger partial charge in [-0.2, -0.15) is 10.2 Å². The van der Waals surface area contributed by atoms with Gasteiger partial charge in [-0.05, 0) is 18.9 Å². The number of rotatable bonds is 4. The zero-order valence-electron chi connectivity index (χ0n) is 12.2. The van der Waals surface area contributed by atoms with E-state index in [-0.39, 0.29) is 5.91 Å². The lowest BCUT2D eigenvalue weighted by Crippen LogP contribution is -2.22. The lowest BCUT2D eigenvalue weighted by molar-refractivity contribution is 0.0945. The van der Waals surface area contributed by atoms with E-state index in [9.17, 15) is 4.79 Å². The Balaban J connectivity index is 2.18. The van der Waals surface area contributed by atoms with E-state index < -0.39 is 0 Å². The Hall–Kier alpha value is -2.14.